The number of nitrogens with zero attached hydrogens (tertiary/aromatic N) is 1. The summed E-state index contributed by atoms with van der Waals surface area (Å²) in [7, 11) is 0. The average molecular weight is 302 g/mol. The van der Waals surface area contributed by atoms with Gasteiger partial charge in [-0.25, -0.2) is 0 Å². The van der Waals surface area contributed by atoms with E-state index in [1.54, 1.807) is 0 Å². The molecular formula is C14H12BrN3. The number of nitrogen functional groups attached to an aromatic ring is 1. The third-order valence-electron chi connectivity index (χ3n) is 2.53. The van der Waals surface area contributed by atoms with Crippen LogP contribution in [0.25, 0.3) is 0 Å². The molecule has 2 aromatic rings. The van der Waals surface area contributed by atoms with Gasteiger partial charge in [0.2, 0.25) is 0 Å². The van der Waals surface area contributed by atoms with E-state index in [0.29, 0.717) is 12.1 Å². The van der Waals surface area contributed by atoms with E-state index in [-0.39, 0.29) is 0 Å². The van der Waals surface area contributed by atoms with E-state index >= 15 is 0 Å². The highest BCUT2D eigenvalue weighted by Gasteiger charge is 2.00. The lowest BCUT2D eigenvalue weighted by Crippen LogP contribution is -1.96. The maximum absolute atomic E-state index is 8.60. The predicted octanol–water partition coefficient (Wildman–Crippen LogP) is 3.84. The van der Waals surface area contributed by atoms with Gasteiger partial charge in [0.15, 0.2) is 0 Å². The first-order chi connectivity index (χ1) is 8.69. The highest BCUT2D eigenvalue weighted by atomic mass is 79.9. The van der Waals surface area contributed by atoms with E-state index in [2.05, 4.69) is 27.3 Å². The molecule has 0 fully saturated rings. The molecule has 0 saturated heterocycles. The van der Waals surface area contributed by atoms with Gasteiger partial charge in [-0.1, -0.05) is 28.1 Å². The van der Waals surface area contributed by atoms with Crippen molar-refractivity contribution in [3.63, 3.8) is 0 Å². The molecule has 3 N–H and O–H groups in total. The van der Waals surface area contributed by atoms with Crippen molar-refractivity contribution in [3.8, 4) is 6.07 Å². The molecule has 0 saturated carbocycles. The molecule has 2 rings (SSSR count). The van der Waals surface area contributed by atoms with Crippen LogP contribution >= 0.6 is 15.9 Å². The molecule has 0 aliphatic rings. The van der Waals surface area contributed by atoms with Crippen molar-refractivity contribution in [3.05, 3.63) is 52.5 Å². The lowest BCUT2D eigenvalue weighted by Gasteiger charge is -2.10. The summed E-state index contributed by atoms with van der Waals surface area (Å²) in [6, 6.07) is 15.6. The Morgan fingerprint density at radius 2 is 1.89 bits per heavy atom. The summed E-state index contributed by atoms with van der Waals surface area (Å²) < 4.78 is 0.954. The summed E-state index contributed by atoms with van der Waals surface area (Å²) in [5, 5.41) is 11.8. The van der Waals surface area contributed by atoms with Crippen LogP contribution in [0.4, 0.5) is 17.1 Å². The minimum atomic E-state index is 0.431. The van der Waals surface area contributed by atoms with Gasteiger partial charge < -0.3 is 11.1 Å². The van der Waals surface area contributed by atoms with Crippen molar-refractivity contribution < 1.29 is 0 Å². The Morgan fingerprint density at radius 3 is 2.50 bits per heavy atom. The zero-order valence-electron chi connectivity index (χ0n) is 9.65. The molecule has 0 radical (unpaired) electrons. The molecule has 0 aromatic heterocycles. The predicted molar refractivity (Wildman–Crippen MR) is 77.6 cm³/mol. The van der Waals surface area contributed by atoms with Crippen LogP contribution in [0.2, 0.25) is 0 Å². The standard InChI is InChI=1S/C14H12BrN3/c15-11-3-6-14(13(17)9-11)18-12-4-1-10(2-5-12)7-8-16/h1-6,9,18H,7,17H2. The molecular weight excluding hydrogens is 290 g/mol. The van der Waals surface area contributed by atoms with E-state index in [9.17, 15) is 0 Å². The van der Waals surface area contributed by atoms with Gasteiger partial charge in [0.1, 0.15) is 0 Å². The van der Waals surface area contributed by atoms with Crippen molar-refractivity contribution in [2.75, 3.05) is 11.1 Å². The number of nitriles is 1. The summed E-state index contributed by atoms with van der Waals surface area (Å²) in [6.07, 6.45) is 0.431. The molecule has 3 nitrogen and oxygen atoms in total. The molecule has 0 spiro atoms. The Hall–Kier alpha value is -1.99. The highest BCUT2D eigenvalue weighted by Crippen LogP contribution is 2.26. The molecule has 0 atom stereocenters. The van der Waals surface area contributed by atoms with Crippen molar-refractivity contribution in [2.24, 2.45) is 0 Å². The third kappa shape index (κ3) is 3.02. The van der Waals surface area contributed by atoms with E-state index in [0.717, 1.165) is 21.4 Å². The van der Waals surface area contributed by atoms with Crippen LogP contribution in [0.3, 0.4) is 0 Å². The fourth-order valence-electron chi connectivity index (χ4n) is 1.60. The number of hydrogen-bond donors (Lipinski definition) is 2. The zero-order chi connectivity index (χ0) is 13.0. The summed E-state index contributed by atoms with van der Waals surface area (Å²) in [5.74, 6) is 0. The second-order valence-corrected chi connectivity index (χ2v) is 4.80. The third-order valence-corrected chi connectivity index (χ3v) is 3.02. The fourth-order valence-corrected chi connectivity index (χ4v) is 1.98. The van der Waals surface area contributed by atoms with Crippen LogP contribution in [-0.4, -0.2) is 0 Å². The number of hydrogen-bond acceptors (Lipinski definition) is 3. The van der Waals surface area contributed by atoms with Crippen LogP contribution in [0.1, 0.15) is 5.56 Å². The number of nitrogens with two attached hydrogens (primary N) is 1. The number of anilines is 3. The van der Waals surface area contributed by atoms with Crippen LogP contribution < -0.4 is 11.1 Å². The Bertz CT molecular complexity index is 585. The molecule has 0 aliphatic heterocycles. The molecule has 90 valence electrons. The van der Waals surface area contributed by atoms with Crippen molar-refractivity contribution in [2.45, 2.75) is 6.42 Å². The zero-order valence-corrected chi connectivity index (χ0v) is 11.2. The molecule has 0 bridgehead atoms. The molecule has 2 aromatic carbocycles. The number of benzene rings is 2. The molecule has 0 unspecified atom stereocenters. The normalized spacial score (nSPS) is 9.78. The topological polar surface area (TPSA) is 61.8 Å². The van der Waals surface area contributed by atoms with Crippen LogP contribution in [0, 0.1) is 11.3 Å². The first kappa shape index (κ1) is 12.5. The summed E-state index contributed by atoms with van der Waals surface area (Å²) in [5.41, 5.74) is 9.42. The average Bonchev–Trinajstić information content (AvgIpc) is 2.35. The number of rotatable bonds is 3. The second kappa shape index (κ2) is 5.56. The Balaban J connectivity index is 2.16. The lowest BCUT2D eigenvalue weighted by atomic mass is 10.1. The quantitative estimate of drug-likeness (QED) is 0.847. The monoisotopic (exact) mass is 301 g/mol. The lowest BCUT2D eigenvalue weighted by molar-refractivity contribution is 1.26. The van der Waals surface area contributed by atoms with Crippen molar-refractivity contribution in [1.29, 1.82) is 5.26 Å². The smallest absolute Gasteiger partial charge is 0.0669 e. The van der Waals surface area contributed by atoms with Gasteiger partial charge >= 0.3 is 0 Å². The summed E-state index contributed by atoms with van der Waals surface area (Å²) in [4.78, 5) is 0. The van der Waals surface area contributed by atoms with Crippen molar-refractivity contribution in [1.82, 2.24) is 0 Å². The van der Waals surface area contributed by atoms with Gasteiger partial charge in [-0.15, -0.1) is 0 Å². The molecule has 0 heterocycles. The molecule has 18 heavy (non-hydrogen) atoms. The fraction of sp³-hybridized carbons (Fsp3) is 0.0714. The molecule has 0 amide bonds. The SMILES string of the molecule is N#CCc1ccc(Nc2ccc(Br)cc2N)cc1. The van der Waals surface area contributed by atoms with E-state index in [1.807, 2.05) is 42.5 Å². The van der Waals surface area contributed by atoms with Gasteiger partial charge in [0.25, 0.3) is 0 Å². The van der Waals surface area contributed by atoms with Crippen LogP contribution in [0.5, 0.6) is 0 Å². The van der Waals surface area contributed by atoms with E-state index < -0.39 is 0 Å². The number of halogens is 1. The van der Waals surface area contributed by atoms with Gasteiger partial charge in [0.05, 0.1) is 23.9 Å². The van der Waals surface area contributed by atoms with Gasteiger partial charge in [-0.3, -0.25) is 0 Å². The largest absolute Gasteiger partial charge is 0.397 e. The van der Waals surface area contributed by atoms with E-state index in [1.165, 1.54) is 0 Å². The summed E-state index contributed by atoms with van der Waals surface area (Å²) >= 11 is 3.37. The second-order valence-electron chi connectivity index (χ2n) is 3.89. The van der Waals surface area contributed by atoms with Gasteiger partial charge in [0, 0.05) is 10.2 Å². The number of nitrogens with one attached hydrogen (secondary N) is 1. The van der Waals surface area contributed by atoms with Gasteiger partial charge in [-0.2, -0.15) is 5.26 Å². The minimum Gasteiger partial charge on any atom is -0.397 e. The Kier molecular flexibility index (Phi) is 3.85. The summed E-state index contributed by atoms with van der Waals surface area (Å²) in [6.45, 7) is 0. The molecule has 4 heteroatoms. The van der Waals surface area contributed by atoms with E-state index in [4.69, 9.17) is 11.0 Å². The van der Waals surface area contributed by atoms with Crippen molar-refractivity contribution >= 4 is 33.0 Å². The van der Waals surface area contributed by atoms with Gasteiger partial charge in [-0.05, 0) is 35.9 Å². The first-order valence-corrected chi connectivity index (χ1v) is 6.26. The maximum Gasteiger partial charge on any atom is 0.0669 e. The first-order valence-electron chi connectivity index (χ1n) is 5.47. The van der Waals surface area contributed by atoms with Crippen LogP contribution in [0.15, 0.2) is 46.9 Å². The highest BCUT2D eigenvalue weighted by molar-refractivity contribution is 9.10. The minimum absolute atomic E-state index is 0.431. The molecule has 0 aliphatic carbocycles. The Morgan fingerprint density at radius 1 is 1.17 bits per heavy atom. The maximum atomic E-state index is 8.60. The Labute approximate surface area is 114 Å². The van der Waals surface area contributed by atoms with Crippen LogP contribution in [-0.2, 0) is 6.42 Å².